The fourth-order valence-corrected chi connectivity index (χ4v) is 2.25. The van der Waals surface area contributed by atoms with Gasteiger partial charge in [0.25, 0.3) is 0 Å². The number of rotatable bonds is 5. The number of hydrogen-bond acceptors (Lipinski definition) is 3. The maximum absolute atomic E-state index is 11.9. The molecule has 3 rings (SSSR count). The first-order valence-corrected chi connectivity index (χ1v) is 7.21. The molecule has 0 fully saturated rings. The minimum atomic E-state index is -0.110. The monoisotopic (exact) mass is 315 g/mol. The van der Waals surface area contributed by atoms with Crippen molar-refractivity contribution >= 4 is 34.2 Å². The van der Waals surface area contributed by atoms with Crippen LogP contribution in [0, 0.1) is 0 Å². The summed E-state index contributed by atoms with van der Waals surface area (Å²) in [5, 5.41) is 3.15. The number of ether oxygens (including phenoxy) is 1. The van der Waals surface area contributed by atoms with E-state index in [0.717, 1.165) is 16.8 Å². The SMILES string of the molecule is O=C(CCOc1ccccc1)Nc1ccc2nc(Cl)[nH]c2c1. The van der Waals surface area contributed by atoms with Gasteiger partial charge < -0.3 is 15.0 Å². The topological polar surface area (TPSA) is 67.0 Å². The van der Waals surface area contributed by atoms with Crippen molar-refractivity contribution in [2.24, 2.45) is 0 Å². The summed E-state index contributed by atoms with van der Waals surface area (Å²) in [7, 11) is 0. The minimum absolute atomic E-state index is 0.110. The van der Waals surface area contributed by atoms with Crippen LogP contribution in [0.4, 0.5) is 5.69 Å². The molecular weight excluding hydrogens is 302 g/mol. The van der Waals surface area contributed by atoms with Gasteiger partial charge in [0.2, 0.25) is 11.2 Å². The molecule has 112 valence electrons. The lowest BCUT2D eigenvalue weighted by Gasteiger charge is -2.07. The molecule has 0 spiro atoms. The second-order valence-corrected chi connectivity index (χ2v) is 5.08. The molecule has 0 radical (unpaired) electrons. The molecule has 1 aromatic heterocycles. The van der Waals surface area contributed by atoms with Gasteiger partial charge in [-0.15, -0.1) is 0 Å². The molecule has 1 heterocycles. The first kappa shape index (κ1) is 14.4. The van der Waals surface area contributed by atoms with Gasteiger partial charge in [0.15, 0.2) is 0 Å². The molecule has 0 aliphatic rings. The molecule has 22 heavy (non-hydrogen) atoms. The highest BCUT2D eigenvalue weighted by atomic mass is 35.5. The van der Waals surface area contributed by atoms with E-state index in [9.17, 15) is 4.79 Å². The lowest BCUT2D eigenvalue weighted by molar-refractivity contribution is -0.116. The minimum Gasteiger partial charge on any atom is -0.493 e. The third-order valence-electron chi connectivity index (χ3n) is 3.08. The number of anilines is 1. The largest absolute Gasteiger partial charge is 0.493 e. The number of nitrogens with zero attached hydrogens (tertiary/aromatic N) is 1. The van der Waals surface area contributed by atoms with Crippen molar-refractivity contribution in [3.63, 3.8) is 0 Å². The van der Waals surface area contributed by atoms with E-state index in [1.807, 2.05) is 30.3 Å². The highest BCUT2D eigenvalue weighted by Gasteiger charge is 2.06. The summed E-state index contributed by atoms with van der Waals surface area (Å²) in [6, 6.07) is 14.8. The zero-order valence-corrected chi connectivity index (χ0v) is 12.4. The summed E-state index contributed by atoms with van der Waals surface area (Å²) in [6.45, 7) is 0.327. The number of nitrogens with one attached hydrogen (secondary N) is 2. The molecule has 0 bridgehead atoms. The Kier molecular flexibility index (Phi) is 4.25. The van der Waals surface area contributed by atoms with Crippen molar-refractivity contribution in [2.75, 3.05) is 11.9 Å². The molecule has 1 amide bonds. The zero-order valence-electron chi connectivity index (χ0n) is 11.7. The molecule has 0 atom stereocenters. The fraction of sp³-hybridized carbons (Fsp3) is 0.125. The summed E-state index contributed by atoms with van der Waals surface area (Å²) in [4.78, 5) is 18.9. The smallest absolute Gasteiger partial charge is 0.227 e. The summed E-state index contributed by atoms with van der Waals surface area (Å²) >= 11 is 5.80. The van der Waals surface area contributed by atoms with Crippen LogP contribution < -0.4 is 10.1 Å². The van der Waals surface area contributed by atoms with Gasteiger partial charge in [-0.2, -0.15) is 0 Å². The molecule has 0 saturated heterocycles. The summed E-state index contributed by atoms with van der Waals surface area (Å²) in [5.74, 6) is 0.643. The average molecular weight is 316 g/mol. The Labute approximate surface area is 132 Å². The van der Waals surface area contributed by atoms with Crippen LogP contribution in [0.25, 0.3) is 11.0 Å². The van der Waals surface area contributed by atoms with E-state index in [0.29, 0.717) is 17.6 Å². The van der Waals surface area contributed by atoms with Gasteiger partial charge in [0, 0.05) is 5.69 Å². The number of amides is 1. The van der Waals surface area contributed by atoms with Crippen LogP contribution in [0.3, 0.4) is 0 Å². The van der Waals surface area contributed by atoms with Gasteiger partial charge in [-0.25, -0.2) is 4.98 Å². The Balaban J connectivity index is 1.54. The van der Waals surface area contributed by atoms with Crippen molar-refractivity contribution in [3.05, 3.63) is 53.8 Å². The van der Waals surface area contributed by atoms with Gasteiger partial charge >= 0.3 is 0 Å². The van der Waals surface area contributed by atoms with Gasteiger partial charge in [-0.3, -0.25) is 4.79 Å². The highest BCUT2D eigenvalue weighted by Crippen LogP contribution is 2.19. The number of carbonyl (C=O) groups excluding carboxylic acids is 1. The second kappa shape index (κ2) is 6.49. The Morgan fingerprint density at radius 2 is 2.05 bits per heavy atom. The van der Waals surface area contributed by atoms with Crippen molar-refractivity contribution in [1.29, 1.82) is 0 Å². The predicted molar refractivity (Wildman–Crippen MR) is 86.3 cm³/mol. The summed E-state index contributed by atoms with van der Waals surface area (Å²) in [6.07, 6.45) is 0.274. The number of para-hydroxylation sites is 1. The van der Waals surface area contributed by atoms with Crippen LogP contribution in [0.5, 0.6) is 5.75 Å². The van der Waals surface area contributed by atoms with Crippen LogP contribution in [0.15, 0.2) is 48.5 Å². The van der Waals surface area contributed by atoms with Gasteiger partial charge in [0.1, 0.15) is 5.75 Å². The molecule has 0 unspecified atom stereocenters. The van der Waals surface area contributed by atoms with E-state index < -0.39 is 0 Å². The van der Waals surface area contributed by atoms with E-state index >= 15 is 0 Å². The lowest BCUT2D eigenvalue weighted by Crippen LogP contribution is -2.15. The van der Waals surface area contributed by atoms with Crippen molar-refractivity contribution in [2.45, 2.75) is 6.42 Å². The standard InChI is InChI=1S/C16H14ClN3O2/c17-16-19-13-7-6-11(10-14(13)20-16)18-15(21)8-9-22-12-4-2-1-3-5-12/h1-7,10H,8-9H2,(H,18,21)(H,19,20). The maximum Gasteiger partial charge on any atom is 0.227 e. The third-order valence-corrected chi connectivity index (χ3v) is 3.26. The van der Waals surface area contributed by atoms with Crippen LogP contribution in [-0.2, 0) is 4.79 Å². The zero-order chi connectivity index (χ0) is 15.4. The highest BCUT2D eigenvalue weighted by molar-refractivity contribution is 6.29. The fourth-order valence-electron chi connectivity index (χ4n) is 2.06. The Bertz CT molecular complexity index is 786. The molecule has 0 aliphatic carbocycles. The van der Waals surface area contributed by atoms with Gasteiger partial charge in [-0.05, 0) is 41.9 Å². The van der Waals surface area contributed by atoms with E-state index in [2.05, 4.69) is 15.3 Å². The number of hydrogen-bond donors (Lipinski definition) is 2. The van der Waals surface area contributed by atoms with Crippen LogP contribution >= 0.6 is 11.6 Å². The molecule has 2 N–H and O–H groups in total. The normalized spacial score (nSPS) is 10.6. The number of halogens is 1. The first-order valence-electron chi connectivity index (χ1n) is 6.84. The molecule has 5 nitrogen and oxygen atoms in total. The van der Waals surface area contributed by atoms with E-state index in [1.54, 1.807) is 18.2 Å². The van der Waals surface area contributed by atoms with Crippen molar-refractivity contribution in [3.8, 4) is 5.75 Å². The number of fused-ring (bicyclic) bond motifs is 1. The van der Waals surface area contributed by atoms with E-state index in [-0.39, 0.29) is 12.3 Å². The van der Waals surface area contributed by atoms with Gasteiger partial charge in [-0.1, -0.05) is 18.2 Å². The van der Waals surface area contributed by atoms with Crippen molar-refractivity contribution in [1.82, 2.24) is 9.97 Å². The van der Waals surface area contributed by atoms with E-state index in [1.165, 1.54) is 0 Å². The number of aromatic nitrogens is 2. The van der Waals surface area contributed by atoms with Crippen molar-refractivity contribution < 1.29 is 9.53 Å². The number of benzene rings is 2. The number of carbonyl (C=O) groups is 1. The molecule has 6 heteroatoms. The second-order valence-electron chi connectivity index (χ2n) is 4.72. The number of imidazole rings is 1. The Hall–Kier alpha value is -2.53. The first-order chi connectivity index (χ1) is 10.7. The predicted octanol–water partition coefficient (Wildman–Crippen LogP) is 3.62. The molecular formula is C16H14ClN3O2. The van der Waals surface area contributed by atoms with Gasteiger partial charge in [0.05, 0.1) is 24.1 Å². The summed E-state index contributed by atoms with van der Waals surface area (Å²) in [5.41, 5.74) is 2.23. The summed E-state index contributed by atoms with van der Waals surface area (Å²) < 4.78 is 5.49. The average Bonchev–Trinajstić information content (AvgIpc) is 2.87. The van der Waals surface area contributed by atoms with E-state index in [4.69, 9.17) is 16.3 Å². The van der Waals surface area contributed by atoms with Crippen LogP contribution in [0.1, 0.15) is 6.42 Å². The maximum atomic E-state index is 11.9. The quantitative estimate of drug-likeness (QED) is 0.755. The molecule has 2 aromatic carbocycles. The molecule has 3 aromatic rings. The Morgan fingerprint density at radius 1 is 1.23 bits per heavy atom. The van der Waals surface area contributed by atoms with Crippen LogP contribution in [0.2, 0.25) is 5.28 Å². The third kappa shape index (κ3) is 3.56. The van der Waals surface area contributed by atoms with Crippen LogP contribution in [-0.4, -0.2) is 22.5 Å². The lowest BCUT2D eigenvalue weighted by atomic mass is 10.2. The number of aromatic amines is 1. The molecule has 0 saturated carbocycles. The molecule has 0 aliphatic heterocycles. The Morgan fingerprint density at radius 3 is 2.86 bits per heavy atom. The number of H-pyrrole nitrogens is 1.